The zero-order valence-corrected chi connectivity index (χ0v) is 20.0. The summed E-state index contributed by atoms with van der Waals surface area (Å²) in [6.07, 6.45) is 0.913. The number of carboxylic acid groups (broad SMARTS) is 2. The predicted octanol–water partition coefficient (Wildman–Crippen LogP) is -0.900. The number of nitrogens with two attached hydrogens (primary N) is 1. The number of carbonyl (C=O) groups is 6. The Labute approximate surface area is 211 Å². The van der Waals surface area contributed by atoms with Crippen LogP contribution in [-0.4, -0.2) is 70.2 Å². The van der Waals surface area contributed by atoms with Crippen LogP contribution in [0.5, 0.6) is 0 Å². The number of nitrogens with zero attached hydrogens (tertiary/aromatic N) is 2. The minimum atomic E-state index is -1.24. The van der Waals surface area contributed by atoms with Crippen LogP contribution in [0.25, 0.3) is 0 Å². The van der Waals surface area contributed by atoms with E-state index in [9.17, 15) is 33.9 Å². The normalized spacial score (nSPS) is 19.9. The molecule has 2 aliphatic heterocycles. The van der Waals surface area contributed by atoms with Crippen LogP contribution in [0.4, 0.5) is 10.5 Å². The van der Waals surface area contributed by atoms with Gasteiger partial charge in [0.15, 0.2) is 0 Å². The molecule has 2 aliphatic rings. The minimum absolute atomic E-state index is 0.160. The van der Waals surface area contributed by atoms with Gasteiger partial charge in [0.1, 0.15) is 12.1 Å². The van der Waals surface area contributed by atoms with Crippen molar-refractivity contribution >= 4 is 47.6 Å². The molecule has 3 rings (SSSR count). The van der Waals surface area contributed by atoms with E-state index in [2.05, 4.69) is 15.7 Å². The number of anilines is 1. The Balaban J connectivity index is 1.85. The summed E-state index contributed by atoms with van der Waals surface area (Å²) in [5.74, 6) is -5.02. The van der Waals surface area contributed by atoms with E-state index in [1.54, 1.807) is 12.1 Å². The standard InChI is InChI=1S/C23H28N6O8/c1-11(7-17(30)31)20(34)27-15-6-5-12-3-2-4-13-8-16(29(19(12)13)22(15)36)21(35)26-14(9-18(32)33)10-25-28-23(24)37/h2-4,10-11,14-16H,5-9H2,1H3,(H,26,35)(H,27,34)(H,30,31)(H,32,33)(H3,24,28,37)/b25-10+/t11-,14-,15-,16-/m0/s1. The van der Waals surface area contributed by atoms with Gasteiger partial charge in [0.2, 0.25) is 17.7 Å². The quantitative estimate of drug-likeness (QED) is 0.168. The Morgan fingerprint density at radius 3 is 2.49 bits per heavy atom. The van der Waals surface area contributed by atoms with Crippen molar-refractivity contribution in [2.24, 2.45) is 16.8 Å². The molecule has 198 valence electrons. The van der Waals surface area contributed by atoms with Crippen molar-refractivity contribution in [3.8, 4) is 0 Å². The minimum Gasteiger partial charge on any atom is -0.481 e. The molecular formula is C23H28N6O8. The third-order valence-corrected chi connectivity index (χ3v) is 6.11. The van der Waals surface area contributed by atoms with E-state index < -0.39 is 72.6 Å². The maximum absolute atomic E-state index is 13.6. The Morgan fingerprint density at radius 1 is 1.16 bits per heavy atom. The van der Waals surface area contributed by atoms with Crippen molar-refractivity contribution in [3.05, 3.63) is 29.3 Å². The molecule has 0 spiro atoms. The van der Waals surface area contributed by atoms with E-state index in [-0.39, 0.29) is 12.8 Å². The van der Waals surface area contributed by atoms with Crippen LogP contribution in [0.2, 0.25) is 0 Å². The van der Waals surface area contributed by atoms with Gasteiger partial charge >= 0.3 is 18.0 Å². The number of para-hydroxylation sites is 1. The molecule has 5 amide bonds. The van der Waals surface area contributed by atoms with Gasteiger partial charge in [-0.15, -0.1) is 0 Å². The zero-order valence-electron chi connectivity index (χ0n) is 20.0. The highest BCUT2D eigenvalue weighted by Crippen LogP contribution is 2.39. The molecule has 1 aromatic carbocycles. The number of hydrazone groups is 1. The molecule has 37 heavy (non-hydrogen) atoms. The van der Waals surface area contributed by atoms with Gasteiger partial charge < -0.3 is 26.6 Å². The SMILES string of the molecule is C[C@@H](CC(=O)O)C(=O)N[C@H]1CCc2cccc3c2N(C1=O)[C@H](C(=O)N[C@H](/C=N/NC(N)=O)CC(=O)O)C3. The van der Waals surface area contributed by atoms with Gasteiger partial charge in [-0.05, 0) is 24.0 Å². The number of aryl methyl sites for hydroxylation is 1. The lowest BCUT2D eigenvalue weighted by molar-refractivity contribution is -0.141. The van der Waals surface area contributed by atoms with Gasteiger partial charge in [-0.25, -0.2) is 10.2 Å². The number of carboxylic acids is 2. The summed E-state index contributed by atoms with van der Waals surface area (Å²) >= 11 is 0. The zero-order chi connectivity index (χ0) is 27.3. The lowest BCUT2D eigenvalue weighted by Crippen LogP contribution is -2.56. The molecule has 0 fully saturated rings. The van der Waals surface area contributed by atoms with Gasteiger partial charge in [0, 0.05) is 18.6 Å². The first-order valence-electron chi connectivity index (χ1n) is 11.5. The molecule has 2 heterocycles. The van der Waals surface area contributed by atoms with E-state index in [1.165, 1.54) is 11.8 Å². The Hall–Kier alpha value is -4.49. The largest absolute Gasteiger partial charge is 0.481 e. The lowest BCUT2D eigenvalue weighted by atomic mass is 10.0. The van der Waals surface area contributed by atoms with Crippen molar-refractivity contribution in [2.45, 2.75) is 57.2 Å². The number of rotatable bonds is 10. The highest BCUT2D eigenvalue weighted by molar-refractivity contribution is 6.08. The van der Waals surface area contributed by atoms with Crippen molar-refractivity contribution in [3.63, 3.8) is 0 Å². The summed E-state index contributed by atoms with van der Waals surface area (Å²) < 4.78 is 0. The second-order valence-corrected chi connectivity index (χ2v) is 8.92. The maximum atomic E-state index is 13.6. The Morgan fingerprint density at radius 2 is 1.84 bits per heavy atom. The number of carbonyl (C=O) groups excluding carboxylic acids is 4. The van der Waals surface area contributed by atoms with Crippen LogP contribution in [0.1, 0.15) is 37.3 Å². The van der Waals surface area contributed by atoms with Crippen LogP contribution in [0.15, 0.2) is 23.3 Å². The molecule has 14 heteroatoms. The summed E-state index contributed by atoms with van der Waals surface area (Å²) in [6.45, 7) is 1.45. The van der Waals surface area contributed by atoms with Crippen molar-refractivity contribution in [1.82, 2.24) is 16.1 Å². The third kappa shape index (κ3) is 6.59. The van der Waals surface area contributed by atoms with E-state index in [0.29, 0.717) is 12.1 Å². The molecule has 0 saturated heterocycles. The average Bonchev–Trinajstić information content (AvgIpc) is 3.14. The van der Waals surface area contributed by atoms with Gasteiger partial charge in [-0.3, -0.25) is 28.9 Å². The van der Waals surface area contributed by atoms with Crippen LogP contribution >= 0.6 is 0 Å². The number of primary amides is 1. The lowest BCUT2D eigenvalue weighted by Gasteiger charge is -2.29. The van der Waals surface area contributed by atoms with Crippen LogP contribution in [0, 0.1) is 5.92 Å². The molecule has 1 aromatic rings. The number of nitrogens with one attached hydrogen (secondary N) is 3. The fourth-order valence-electron chi connectivity index (χ4n) is 4.44. The molecule has 14 nitrogen and oxygen atoms in total. The first-order chi connectivity index (χ1) is 17.5. The summed E-state index contributed by atoms with van der Waals surface area (Å²) in [4.78, 5) is 73.9. The number of amides is 5. The second kappa shape index (κ2) is 11.5. The summed E-state index contributed by atoms with van der Waals surface area (Å²) in [5.41, 5.74) is 8.99. The third-order valence-electron chi connectivity index (χ3n) is 6.11. The van der Waals surface area contributed by atoms with Crippen molar-refractivity contribution in [2.75, 3.05) is 4.90 Å². The molecule has 0 aromatic heterocycles. The molecule has 7 N–H and O–H groups in total. The van der Waals surface area contributed by atoms with E-state index in [0.717, 1.165) is 17.3 Å². The van der Waals surface area contributed by atoms with Gasteiger partial charge in [0.25, 0.3) is 0 Å². The van der Waals surface area contributed by atoms with Gasteiger partial charge in [-0.2, -0.15) is 5.10 Å². The molecule has 0 saturated carbocycles. The van der Waals surface area contributed by atoms with Crippen LogP contribution < -0.4 is 26.7 Å². The smallest absolute Gasteiger partial charge is 0.332 e. The van der Waals surface area contributed by atoms with Crippen LogP contribution in [-0.2, 0) is 36.8 Å². The van der Waals surface area contributed by atoms with E-state index in [1.807, 2.05) is 11.5 Å². The van der Waals surface area contributed by atoms with Gasteiger partial charge in [0.05, 0.1) is 24.6 Å². The fourth-order valence-corrected chi connectivity index (χ4v) is 4.44. The van der Waals surface area contributed by atoms with E-state index >= 15 is 0 Å². The second-order valence-electron chi connectivity index (χ2n) is 8.92. The number of benzene rings is 1. The maximum Gasteiger partial charge on any atom is 0.332 e. The molecule has 0 unspecified atom stereocenters. The van der Waals surface area contributed by atoms with Crippen molar-refractivity contribution in [1.29, 1.82) is 0 Å². The number of urea groups is 1. The number of aliphatic carboxylic acids is 2. The average molecular weight is 517 g/mol. The number of hydrogen-bond acceptors (Lipinski definition) is 7. The molecule has 0 bridgehead atoms. The molecular weight excluding hydrogens is 488 g/mol. The summed E-state index contributed by atoms with van der Waals surface area (Å²) in [7, 11) is 0. The monoisotopic (exact) mass is 516 g/mol. The molecule has 4 atom stereocenters. The first-order valence-corrected chi connectivity index (χ1v) is 11.5. The topological polar surface area (TPSA) is 221 Å². The molecule has 0 radical (unpaired) electrons. The Kier molecular flexibility index (Phi) is 8.42. The van der Waals surface area contributed by atoms with Crippen LogP contribution in [0.3, 0.4) is 0 Å². The first kappa shape index (κ1) is 27.1. The number of hydrogen-bond donors (Lipinski definition) is 6. The Bertz CT molecular complexity index is 1150. The molecule has 0 aliphatic carbocycles. The van der Waals surface area contributed by atoms with Crippen molar-refractivity contribution < 1.29 is 39.0 Å². The highest BCUT2D eigenvalue weighted by Gasteiger charge is 2.44. The summed E-state index contributed by atoms with van der Waals surface area (Å²) in [6, 6.07) is 1.30. The fraction of sp³-hybridized carbons (Fsp3) is 0.435. The van der Waals surface area contributed by atoms with E-state index in [4.69, 9.17) is 10.8 Å². The highest BCUT2D eigenvalue weighted by atomic mass is 16.4. The summed E-state index contributed by atoms with van der Waals surface area (Å²) in [5, 5.41) is 26.8. The predicted molar refractivity (Wildman–Crippen MR) is 128 cm³/mol. The van der Waals surface area contributed by atoms with Gasteiger partial charge in [-0.1, -0.05) is 25.1 Å².